The monoisotopic (exact) mass is 424 g/mol. The highest BCUT2D eigenvalue weighted by Crippen LogP contribution is 2.48. The van der Waals surface area contributed by atoms with Crippen LogP contribution in [0.4, 0.5) is 8.78 Å². The maximum atomic E-state index is 15.0. The van der Waals surface area contributed by atoms with Crippen molar-refractivity contribution in [2.75, 3.05) is 0 Å². The van der Waals surface area contributed by atoms with E-state index in [0.29, 0.717) is 11.5 Å². The van der Waals surface area contributed by atoms with Crippen molar-refractivity contribution in [3.8, 4) is 11.1 Å². The van der Waals surface area contributed by atoms with Gasteiger partial charge in [0.2, 0.25) is 0 Å². The molecule has 0 heterocycles. The van der Waals surface area contributed by atoms with Crippen molar-refractivity contribution >= 4 is 0 Å². The molecule has 0 nitrogen and oxygen atoms in total. The van der Waals surface area contributed by atoms with Crippen LogP contribution in [-0.4, -0.2) is 0 Å². The Hall–Kier alpha value is -1.70. The SMILES string of the molecule is CCCCCCC1CCC2CC(c3cc(F)c(-c4ccc(C)cc4)c(F)c3)CCC2C1. The van der Waals surface area contributed by atoms with Gasteiger partial charge in [0.1, 0.15) is 11.6 Å². The molecule has 2 saturated carbocycles. The van der Waals surface area contributed by atoms with Gasteiger partial charge >= 0.3 is 0 Å². The van der Waals surface area contributed by atoms with Gasteiger partial charge in [0.05, 0.1) is 5.56 Å². The third-order valence-corrected chi connectivity index (χ3v) is 8.06. The first-order valence-electron chi connectivity index (χ1n) is 12.6. The topological polar surface area (TPSA) is 0 Å². The normalized spacial score (nSPS) is 25.9. The van der Waals surface area contributed by atoms with Crippen molar-refractivity contribution in [3.05, 3.63) is 59.2 Å². The van der Waals surface area contributed by atoms with Crippen LogP contribution in [0.3, 0.4) is 0 Å². The number of halogens is 2. The molecule has 4 atom stereocenters. The van der Waals surface area contributed by atoms with Gasteiger partial charge in [-0.3, -0.25) is 0 Å². The van der Waals surface area contributed by atoms with Crippen molar-refractivity contribution in [1.29, 1.82) is 0 Å². The minimum atomic E-state index is -0.420. The molecule has 2 aromatic carbocycles. The van der Waals surface area contributed by atoms with Crippen molar-refractivity contribution in [2.24, 2.45) is 17.8 Å². The quantitative estimate of drug-likeness (QED) is 0.389. The van der Waals surface area contributed by atoms with Crippen LogP contribution >= 0.6 is 0 Å². The van der Waals surface area contributed by atoms with E-state index in [-0.39, 0.29) is 5.56 Å². The molecule has 168 valence electrons. The van der Waals surface area contributed by atoms with E-state index in [4.69, 9.17) is 0 Å². The summed E-state index contributed by atoms with van der Waals surface area (Å²) in [7, 11) is 0. The second kappa shape index (κ2) is 10.3. The summed E-state index contributed by atoms with van der Waals surface area (Å²) in [6.45, 7) is 4.26. The maximum absolute atomic E-state index is 15.0. The summed E-state index contributed by atoms with van der Waals surface area (Å²) in [5, 5.41) is 0. The van der Waals surface area contributed by atoms with E-state index in [1.165, 1.54) is 57.8 Å². The van der Waals surface area contributed by atoms with Crippen LogP contribution in [0.1, 0.15) is 94.6 Å². The fourth-order valence-corrected chi connectivity index (χ4v) is 6.24. The minimum absolute atomic E-state index is 0.112. The Morgan fingerprint density at radius 1 is 0.806 bits per heavy atom. The highest BCUT2D eigenvalue weighted by molar-refractivity contribution is 5.65. The molecule has 0 spiro atoms. The summed E-state index contributed by atoms with van der Waals surface area (Å²) in [5.41, 5.74) is 2.69. The summed E-state index contributed by atoms with van der Waals surface area (Å²) < 4.78 is 29.9. The molecule has 0 radical (unpaired) electrons. The maximum Gasteiger partial charge on any atom is 0.134 e. The van der Waals surface area contributed by atoms with Gasteiger partial charge in [-0.05, 0) is 86.0 Å². The molecule has 31 heavy (non-hydrogen) atoms. The van der Waals surface area contributed by atoms with E-state index < -0.39 is 11.6 Å². The van der Waals surface area contributed by atoms with Crippen LogP contribution in [0.5, 0.6) is 0 Å². The summed E-state index contributed by atoms with van der Waals surface area (Å²) in [5.74, 6) is 1.96. The molecule has 4 rings (SSSR count). The molecule has 2 fully saturated rings. The molecule has 2 heteroatoms. The van der Waals surface area contributed by atoms with E-state index in [0.717, 1.165) is 41.7 Å². The summed E-state index contributed by atoms with van der Waals surface area (Å²) in [6.07, 6.45) is 14.3. The van der Waals surface area contributed by atoms with Gasteiger partial charge in [0.25, 0.3) is 0 Å². The van der Waals surface area contributed by atoms with Crippen molar-refractivity contribution in [1.82, 2.24) is 0 Å². The molecule has 4 unspecified atom stereocenters. The van der Waals surface area contributed by atoms with Crippen molar-refractivity contribution < 1.29 is 8.78 Å². The average Bonchev–Trinajstić information content (AvgIpc) is 2.77. The predicted molar refractivity (Wildman–Crippen MR) is 126 cm³/mol. The van der Waals surface area contributed by atoms with Gasteiger partial charge in [-0.1, -0.05) is 75.3 Å². The molecule has 0 aromatic heterocycles. The van der Waals surface area contributed by atoms with E-state index in [1.807, 2.05) is 31.2 Å². The zero-order chi connectivity index (χ0) is 21.8. The van der Waals surface area contributed by atoms with Crippen LogP contribution < -0.4 is 0 Å². The van der Waals surface area contributed by atoms with Gasteiger partial charge in [-0.25, -0.2) is 8.78 Å². The van der Waals surface area contributed by atoms with Gasteiger partial charge in [-0.2, -0.15) is 0 Å². The lowest BCUT2D eigenvalue weighted by Gasteiger charge is -2.42. The number of fused-ring (bicyclic) bond motifs is 1. The smallest absolute Gasteiger partial charge is 0.134 e. The highest BCUT2D eigenvalue weighted by atomic mass is 19.1. The molecular weight excluding hydrogens is 386 g/mol. The highest BCUT2D eigenvalue weighted by Gasteiger charge is 2.36. The fourth-order valence-electron chi connectivity index (χ4n) is 6.24. The van der Waals surface area contributed by atoms with Crippen LogP contribution in [-0.2, 0) is 0 Å². The number of hydrogen-bond acceptors (Lipinski definition) is 0. The Labute approximate surface area is 187 Å². The number of rotatable bonds is 7. The minimum Gasteiger partial charge on any atom is -0.206 e. The molecule has 0 aliphatic heterocycles. The first-order valence-corrected chi connectivity index (χ1v) is 12.6. The van der Waals surface area contributed by atoms with Gasteiger partial charge in [0, 0.05) is 0 Å². The van der Waals surface area contributed by atoms with Crippen LogP contribution in [0.2, 0.25) is 0 Å². The summed E-state index contributed by atoms with van der Waals surface area (Å²) in [6, 6.07) is 10.7. The fraction of sp³-hybridized carbons (Fsp3) is 0.586. The van der Waals surface area contributed by atoms with Gasteiger partial charge in [0.15, 0.2) is 0 Å². The Morgan fingerprint density at radius 2 is 1.48 bits per heavy atom. The number of benzene rings is 2. The van der Waals surface area contributed by atoms with E-state index >= 15 is 0 Å². The second-order valence-corrected chi connectivity index (χ2v) is 10.3. The Morgan fingerprint density at radius 3 is 2.19 bits per heavy atom. The molecule has 0 bridgehead atoms. The molecular formula is C29H38F2. The number of unbranched alkanes of at least 4 members (excludes halogenated alkanes) is 3. The molecule has 2 aliphatic carbocycles. The Kier molecular flexibility index (Phi) is 7.46. The molecule has 2 aromatic rings. The van der Waals surface area contributed by atoms with E-state index in [1.54, 1.807) is 12.1 Å². The summed E-state index contributed by atoms with van der Waals surface area (Å²) >= 11 is 0. The van der Waals surface area contributed by atoms with Crippen molar-refractivity contribution in [2.45, 2.75) is 90.4 Å². The second-order valence-electron chi connectivity index (χ2n) is 10.3. The van der Waals surface area contributed by atoms with E-state index in [2.05, 4.69) is 6.92 Å². The largest absolute Gasteiger partial charge is 0.206 e. The molecule has 2 aliphatic rings. The first-order chi connectivity index (χ1) is 15.0. The number of hydrogen-bond donors (Lipinski definition) is 0. The standard InChI is InChI=1S/C29H38F2/c1-3-4-5-6-7-21-10-13-24-17-25(15-14-23(24)16-21)26-18-27(30)29(28(31)19-26)22-11-8-20(2)9-12-22/h8-9,11-12,18-19,21,23-25H,3-7,10,13-17H2,1-2H3. The van der Waals surface area contributed by atoms with E-state index in [9.17, 15) is 8.78 Å². The molecule has 0 N–H and O–H groups in total. The van der Waals surface area contributed by atoms with Crippen LogP contribution in [0.15, 0.2) is 36.4 Å². The lowest BCUT2D eigenvalue weighted by atomic mass is 9.63. The Bertz CT molecular complexity index is 831. The first kappa shape index (κ1) is 22.5. The zero-order valence-corrected chi connectivity index (χ0v) is 19.3. The average molecular weight is 425 g/mol. The zero-order valence-electron chi connectivity index (χ0n) is 19.3. The van der Waals surface area contributed by atoms with Crippen molar-refractivity contribution in [3.63, 3.8) is 0 Å². The third-order valence-electron chi connectivity index (χ3n) is 8.06. The lowest BCUT2D eigenvalue weighted by Crippen LogP contribution is -2.30. The number of aryl methyl sites for hydroxylation is 1. The molecule has 0 saturated heterocycles. The van der Waals surface area contributed by atoms with Gasteiger partial charge < -0.3 is 0 Å². The molecule has 0 amide bonds. The van der Waals surface area contributed by atoms with Crippen LogP contribution in [0.25, 0.3) is 11.1 Å². The lowest BCUT2D eigenvalue weighted by molar-refractivity contribution is 0.113. The van der Waals surface area contributed by atoms with Gasteiger partial charge in [-0.15, -0.1) is 0 Å². The predicted octanol–water partition coefficient (Wildman–Crippen LogP) is 9.21. The Balaban J connectivity index is 1.39. The summed E-state index contributed by atoms with van der Waals surface area (Å²) in [4.78, 5) is 0. The third kappa shape index (κ3) is 5.38. The van der Waals surface area contributed by atoms with Crippen LogP contribution in [0, 0.1) is 36.3 Å².